The van der Waals surface area contributed by atoms with Crippen LogP contribution >= 0.6 is 0 Å². The summed E-state index contributed by atoms with van der Waals surface area (Å²) in [5.41, 5.74) is -0.879. The molecule has 0 saturated carbocycles. The van der Waals surface area contributed by atoms with E-state index in [0.717, 1.165) is 4.57 Å². The molecular weight excluding hydrogens is 362 g/mol. The zero-order valence-electron chi connectivity index (χ0n) is 16.6. The number of rotatable bonds is 8. The Morgan fingerprint density at radius 1 is 1.18 bits per heavy atom. The Morgan fingerprint density at radius 2 is 1.82 bits per heavy atom. The van der Waals surface area contributed by atoms with Crippen LogP contribution in [0.15, 0.2) is 33.9 Å². The number of para-hydroxylation sites is 1. The van der Waals surface area contributed by atoms with Crippen molar-refractivity contribution in [3.63, 3.8) is 0 Å². The number of amides is 1. The fourth-order valence-electron chi connectivity index (χ4n) is 3.17. The lowest BCUT2D eigenvalue weighted by Crippen LogP contribution is -2.51. The van der Waals surface area contributed by atoms with Gasteiger partial charge in [-0.15, -0.1) is 0 Å². The first-order valence-electron chi connectivity index (χ1n) is 9.44. The average molecular weight is 389 g/mol. The van der Waals surface area contributed by atoms with Crippen LogP contribution in [0.25, 0.3) is 10.9 Å². The standard InChI is InChI=1S/C20H27N3O5/c1-5-12(4)16(19(26)27)22-17(24)15(10-11(2)3)23-18(25)13-8-6-7-9-14(13)21-20(23)28/h6-9,11-12,15-16H,5,10H2,1-4H3,(H,21,28)(H,22,24)(H,26,27)/t12-,15+,16+/m1/s1. The number of aromatic nitrogens is 2. The first kappa shape index (κ1) is 21.4. The highest BCUT2D eigenvalue weighted by atomic mass is 16.4. The highest BCUT2D eigenvalue weighted by molar-refractivity contribution is 5.86. The number of hydrogen-bond donors (Lipinski definition) is 3. The molecule has 0 unspecified atom stereocenters. The molecule has 1 heterocycles. The predicted octanol–water partition coefficient (Wildman–Crippen LogP) is 1.89. The lowest BCUT2D eigenvalue weighted by Gasteiger charge is -2.25. The molecule has 0 fully saturated rings. The van der Waals surface area contributed by atoms with Gasteiger partial charge in [-0.2, -0.15) is 0 Å². The number of benzene rings is 1. The summed E-state index contributed by atoms with van der Waals surface area (Å²) in [6.07, 6.45) is 0.780. The van der Waals surface area contributed by atoms with E-state index in [2.05, 4.69) is 10.3 Å². The number of carboxylic acids is 1. The predicted molar refractivity (Wildman–Crippen MR) is 106 cm³/mol. The number of H-pyrrole nitrogens is 1. The maximum absolute atomic E-state index is 13.0. The number of aliphatic carboxylic acids is 1. The van der Waals surface area contributed by atoms with Crippen molar-refractivity contribution in [1.29, 1.82) is 0 Å². The van der Waals surface area contributed by atoms with Gasteiger partial charge in [0.25, 0.3) is 5.56 Å². The van der Waals surface area contributed by atoms with Crippen LogP contribution in [-0.4, -0.2) is 32.6 Å². The van der Waals surface area contributed by atoms with Crippen molar-refractivity contribution in [2.24, 2.45) is 11.8 Å². The minimum atomic E-state index is -1.15. The summed E-state index contributed by atoms with van der Waals surface area (Å²) in [6, 6.07) is 4.36. The molecule has 152 valence electrons. The van der Waals surface area contributed by atoms with Crippen LogP contribution in [0.5, 0.6) is 0 Å². The van der Waals surface area contributed by atoms with Crippen LogP contribution in [0.3, 0.4) is 0 Å². The first-order chi connectivity index (χ1) is 13.2. The molecule has 8 heteroatoms. The van der Waals surface area contributed by atoms with Gasteiger partial charge in [0.15, 0.2) is 0 Å². The third-order valence-electron chi connectivity index (χ3n) is 4.92. The molecular formula is C20H27N3O5. The van der Waals surface area contributed by atoms with Crippen LogP contribution in [0.4, 0.5) is 0 Å². The highest BCUT2D eigenvalue weighted by Gasteiger charge is 2.31. The van der Waals surface area contributed by atoms with Crippen molar-refractivity contribution in [2.45, 2.75) is 52.6 Å². The zero-order chi connectivity index (χ0) is 21.0. The molecule has 1 amide bonds. The Morgan fingerprint density at radius 3 is 2.39 bits per heavy atom. The van der Waals surface area contributed by atoms with Gasteiger partial charge in [-0.1, -0.05) is 46.2 Å². The van der Waals surface area contributed by atoms with E-state index in [9.17, 15) is 24.3 Å². The van der Waals surface area contributed by atoms with E-state index in [-0.39, 0.29) is 18.3 Å². The molecule has 3 atom stereocenters. The fourth-order valence-corrected chi connectivity index (χ4v) is 3.17. The molecule has 1 aromatic carbocycles. The molecule has 8 nitrogen and oxygen atoms in total. The van der Waals surface area contributed by atoms with Crippen molar-refractivity contribution in [3.8, 4) is 0 Å². The quantitative estimate of drug-likeness (QED) is 0.637. The number of nitrogens with zero attached hydrogens (tertiary/aromatic N) is 1. The van der Waals surface area contributed by atoms with E-state index in [4.69, 9.17) is 0 Å². The normalized spacial score (nSPS) is 14.6. The summed E-state index contributed by atoms with van der Waals surface area (Å²) in [5, 5.41) is 12.3. The second kappa shape index (κ2) is 8.86. The maximum Gasteiger partial charge on any atom is 0.329 e. The molecule has 0 radical (unpaired) electrons. The first-order valence-corrected chi connectivity index (χ1v) is 9.44. The molecule has 0 bridgehead atoms. The van der Waals surface area contributed by atoms with Crippen molar-refractivity contribution in [1.82, 2.24) is 14.9 Å². The SMILES string of the molecule is CC[C@@H](C)[C@H](NC(=O)[C@H](CC(C)C)n1c(=O)[nH]c2ccccc2c1=O)C(=O)O. The Hall–Kier alpha value is -2.90. The number of carboxylic acid groups (broad SMARTS) is 1. The molecule has 2 rings (SSSR count). The van der Waals surface area contributed by atoms with Gasteiger partial charge in [0.05, 0.1) is 10.9 Å². The summed E-state index contributed by atoms with van der Waals surface area (Å²) >= 11 is 0. The van der Waals surface area contributed by atoms with Crippen molar-refractivity contribution in [2.75, 3.05) is 0 Å². The molecule has 0 spiro atoms. The Balaban J connectivity index is 2.54. The van der Waals surface area contributed by atoms with Gasteiger partial charge < -0.3 is 15.4 Å². The molecule has 0 aliphatic carbocycles. The van der Waals surface area contributed by atoms with Gasteiger partial charge in [-0.05, 0) is 30.4 Å². The molecule has 0 saturated heterocycles. The van der Waals surface area contributed by atoms with Gasteiger partial charge >= 0.3 is 11.7 Å². The Kier molecular flexibility index (Phi) is 6.77. The zero-order valence-corrected chi connectivity index (χ0v) is 16.6. The Labute approximate surface area is 162 Å². The van der Waals surface area contributed by atoms with Gasteiger partial charge in [0.2, 0.25) is 5.91 Å². The van der Waals surface area contributed by atoms with E-state index >= 15 is 0 Å². The van der Waals surface area contributed by atoms with Crippen LogP contribution in [0.2, 0.25) is 0 Å². The van der Waals surface area contributed by atoms with E-state index in [1.165, 1.54) is 0 Å². The molecule has 0 aliphatic heterocycles. The number of nitrogens with one attached hydrogen (secondary N) is 2. The van der Waals surface area contributed by atoms with Gasteiger partial charge in [-0.25, -0.2) is 14.2 Å². The number of carbonyl (C=O) groups is 2. The summed E-state index contributed by atoms with van der Waals surface area (Å²) < 4.78 is 0.896. The summed E-state index contributed by atoms with van der Waals surface area (Å²) in [4.78, 5) is 52.7. The molecule has 1 aromatic heterocycles. The average Bonchev–Trinajstić information content (AvgIpc) is 2.63. The third-order valence-corrected chi connectivity index (χ3v) is 4.92. The lowest BCUT2D eigenvalue weighted by molar-refractivity contribution is -0.144. The monoisotopic (exact) mass is 389 g/mol. The maximum atomic E-state index is 13.0. The number of carbonyl (C=O) groups excluding carboxylic acids is 1. The van der Waals surface area contributed by atoms with Crippen LogP contribution < -0.4 is 16.6 Å². The van der Waals surface area contributed by atoms with Gasteiger partial charge in [0, 0.05) is 0 Å². The fraction of sp³-hybridized carbons (Fsp3) is 0.500. The summed E-state index contributed by atoms with van der Waals surface area (Å²) in [6.45, 7) is 7.29. The Bertz CT molecular complexity index is 976. The second-order valence-electron chi connectivity index (χ2n) is 7.51. The van der Waals surface area contributed by atoms with Crippen LogP contribution in [-0.2, 0) is 9.59 Å². The third kappa shape index (κ3) is 4.49. The molecule has 2 aromatic rings. The van der Waals surface area contributed by atoms with Crippen molar-refractivity contribution >= 4 is 22.8 Å². The molecule has 3 N–H and O–H groups in total. The summed E-state index contributed by atoms with van der Waals surface area (Å²) in [7, 11) is 0. The van der Waals surface area contributed by atoms with Crippen molar-refractivity contribution in [3.05, 3.63) is 45.1 Å². The van der Waals surface area contributed by atoms with Crippen LogP contribution in [0, 0.1) is 11.8 Å². The topological polar surface area (TPSA) is 121 Å². The summed E-state index contributed by atoms with van der Waals surface area (Å²) in [5.74, 6) is -2.09. The minimum Gasteiger partial charge on any atom is -0.480 e. The largest absolute Gasteiger partial charge is 0.480 e. The minimum absolute atomic E-state index is 0.000368. The van der Waals surface area contributed by atoms with Gasteiger partial charge in [0.1, 0.15) is 12.1 Å². The van der Waals surface area contributed by atoms with E-state index < -0.39 is 35.2 Å². The van der Waals surface area contributed by atoms with Crippen molar-refractivity contribution < 1.29 is 14.7 Å². The second-order valence-corrected chi connectivity index (χ2v) is 7.51. The van der Waals surface area contributed by atoms with Gasteiger partial charge in [-0.3, -0.25) is 9.59 Å². The van der Waals surface area contributed by atoms with E-state index in [0.29, 0.717) is 17.3 Å². The van der Waals surface area contributed by atoms with Crippen LogP contribution in [0.1, 0.15) is 46.6 Å². The lowest BCUT2D eigenvalue weighted by atomic mass is 9.97. The number of hydrogen-bond acceptors (Lipinski definition) is 4. The smallest absolute Gasteiger partial charge is 0.329 e. The number of fused-ring (bicyclic) bond motifs is 1. The van der Waals surface area contributed by atoms with E-state index in [1.807, 2.05) is 20.8 Å². The number of aromatic amines is 1. The molecule has 0 aliphatic rings. The highest BCUT2D eigenvalue weighted by Crippen LogP contribution is 2.18. The molecule has 28 heavy (non-hydrogen) atoms. The van der Waals surface area contributed by atoms with E-state index in [1.54, 1.807) is 31.2 Å².